The highest BCUT2D eigenvalue weighted by molar-refractivity contribution is 5.78. The number of ether oxygens (including phenoxy) is 1. The molecule has 3 heteroatoms. The summed E-state index contributed by atoms with van der Waals surface area (Å²) in [6.45, 7) is 3.92. The van der Waals surface area contributed by atoms with E-state index in [2.05, 4.69) is 31.2 Å². The van der Waals surface area contributed by atoms with Gasteiger partial charge in [-0.05, 0) is 48.6 Å². The van der Waals surface area contributed by atoms with E-state index in [-0.39, 0.29) is 0 Å². The number of hydrogen-bond acceptors (Lipinski definition) is 2. The zero-order valence-electron chi connectivity index (χ0n) is 17.5. The molecule has 0 aliphatic carbocycles. The molecule has 0 bridgehead atoms. The highest BCUT2D eigenvalue weighted by Gasteiger charge is 2.10. The predicted octanol–water partition coefficient (Wildman–Crippen LogP) is 6.29. The average Bonchev–Trinajstić information content (AvgIpc) is 2.71. The predicted molar refractivity (Wildman–Crippen MR) is 117 cm³/mol. The van der Waals surface area contributed by atoms with Crippen LogP contribution in [0.2, 0.25) is 0 Å². The Kier molecular flexibility index (Phi) is 9.61. The molecule has 1 amide bonds. The number of unbranched alkanes of at least 4 members (excludes halogenated alkanes) is 7. The molecule has 0 saturated heterocycles. The van der Waals surface area contributed by atoms with E-state index in [0.717, 1.165) is 12.0 Å². The zero-order valence-corrected chi connectivity index (χ0v) is 17.5. The summed E-state index contributed by atoms with van der Waals surface area (Å²) in [5, 5.41) is 0. The van der Waals surface area contributed by atoms with E-state index in [1.54, 1.807) is 6.92 Å². The maximum Gasteiger partial charge on any atom is 0.258 e. The van der Waals surface area contributed by atoms with Crippen molar-refractivity contribution < 1.29 is 9.53 Å². The van der Waals surface area contributed by atoms with E-state index < -0.39 is 12.0 Å². The lowest BCUT2D eigenvalue weighted by molar-refractivity contribution is -0.123. The first-order chi connectivity index (χ1) is 13.6. The van der Waals surface area contributed by atoms with Crippen molar-refractivity contribution in [1.82, 2.24) is 0 Å². The van der Waals surface area contributed by atoms with Crippen LogP contribution in [-0.4, -0.2) is 12.0 Å². The molecule has 152 valence electrons. The van der Waals surface area contributed by atoms with Gasteiger partial charge in [0.25, 0.3) is 5.91 Å². The molecular weight excluding hydrogens is 346 g/mol. The molecule has 0 aromatic heterocycles. The van der Waals surface area contributed by atoms with Crippen LogP contribution in [0, 0.1) is 0 Å². The first-order valence-electron chi connectivity index (χ1n) is 10.8. The minimum atomic E-state index is -0.624. The number of carbonyl (C=O) groups is 1. The van der Waals surface area contributed by atoms with Gasteiger partial charge in [0, 0.05) is 0 Å². The molecule has 3 nitrogen and oxygen atoms in total. The fourth-order valence-electron chi connectivity index (χ4n) is 3.32. The maximum atomic E-state index is 11.1. The Balaban J connectivity index is 1.75. The number of aryl methyl sites for hydroxylation is 1. The normalized spacial score (nSPS) is 11.9. The van der Waals surface area contributed by atoms with Crippen LogP contribution in [0.25, 0.3) is 11.1 Å². The summed E-state index contributed by atoms with van der Waals surface area (Å²) in [5.41, 5.74) is 8.96. The second-order valence-corrected chi connectivity index (χ2v) is 7.61. The van der Waals surface area contributed by atoms with E-state index in [1.165, 1.54) is 62.5 Å². The number of primary amides is 1. The molecule has 28 heavy (non-hydrogen) atoms. The van der Waals surface area contributed by atoms with Crippen LogP contribution >= 0.6 is 0 Å². The fourth-order valence-corrected chi connectivity index (χ4v) is 3.32. The topological polar surface area (TPSA) is 52.3 Å². The Morgan fingerprint density at radius 1 is 0.821 bits per heavy atom. The minimum absolute atomic E-state index is 0.462. The van der Waals surface area contributed by atoms with Crippen molar-refractivity contribution in [1.29, 1.82) is 0 Å². The lowest BCUT2D eigenvalue weighted by Crippen LogP contribution is -2.30. The van der Waals surface area contributed by atoms with Gasteiger partial charge in [-0.15, -0.1) is 0 Å². The summed E-state index contributed by atoms with van der Waals surface area (Å²) in [6, 6.07) is 16.6. The lowest BCUT2D eigenvalue weighted by Gasteiger charge is -2.11. The zero-order chi connectivity index (χ0) is 20.2. The Morgan fingerprint density at radius 2 is 1.32 bits per heavy atom. The molecule has 0 radical (unpaired) electrons. The first kappa shape index (κ1) is 22.0. The fraction of sp³-hybridized carbons (Fsp3) is 0.480. The van der Waals surface area contributed by atoms with Gasteiger partial charge in [-0.3, -0.25) is 4.79 Å². The SMILES string of the molecule is CCCCCCCCCCc1ccc(-c2ccc(OC(C)C(N)=O)cc2)cc1. The number of carbonyl (C=O) groups excluding carboxylic acids is 1. The van der Waals surface area contributed by atoms with Crippen LogP contribution in [0.1, 0.15) is 70.8 Å². The Morgan fingerprint density at radius 3 is 1.86 bits per heavy atom. The van der Waals surface area contributed by atoms with Crippen LogP contribution in [0.3, 0.4) is 0 Å². The smallest absolute Gasteiger partial charge is 0.258 e. The molecule has 2 N–H and O–H groups in total. The van der Waals surface area contributed by atoms with Crippen molar-refractivity contribution in [3.8, 4) is 16.9 Å². The van der Waals surface area contributed by atoms with Gasteiger partial charge in [-0.1, -0.05) is 88.3 Å². The van der Waals surface area contributed by atoms with E-state index in [1.807, 2.05) is 24.3 Å². The molecule has 0 heterocycles. The molecule has 2 aromatic rings. The summed E-state index contributed by atoms with van der Waals surface area (Å²) in [7, 11) is 0. The summed E-state index contributed by atoms with van der Waals surface area (Å²) >= 11 is 0. The number of rotatable bonds is 13. The highest BCUT2D eigenvalue weighted by atomic mass is 16.5. The van der Waals surface area contributed by atoms with Gasteiger partial charge >= 0.3 is 0 Å². The minimum Gasteiger partial charge on any atom is -0.481 e. The van der Waals surface area contributed by atoms with E-state index >= 15 is 0 Å². The molecule has 0 saturated carbocycles. The van der Waals surface area contributed by atoms with E-state index in [0.29, 0.717) is 5.75 Å². The van der Waals surface area contributed by atoms with Gasteiger partial charge in [-0.25, -0.2) is 0 Å². The van der Waals surface area contributed by atoms with Gasteiger partial charge in [0.1, 0.15) is 5.75 Å². The number of hydrogen-bond donors (Lipinski definition) is 1. The standard InChI is InChI=1S/C25H35NO2/c1-3-4-5-6-7-8-9-10-11-21-12-14-22(15-13-21)23-16-18-24(19-17-23)28-20(2)25(26)27/h12-20H,3-11H2,1-2H3,(H2,26,27). The Hall–Kier alpha value is -2.29. The number of amides is 1. The van der Waals surface area contributed by atoms with Gasteiger partial charge in [-0.2, -0.15) is 0 Å². The van der Waals surface area contributed by atoms with Crippen molar-refractivity contribution >= 4 is 5.91 Å². The van der Waals surface area contributed by atoms with Crippen molar-refractivity contribution in [2.24, 2.45) is 5.73 Å². The van der Waals surface area contributed by atoms with Gasteiger partial charge in [0.2, 0.25) is 0 Å². The second-order valence-electron chi connectivity index (χ2n) is 7.61. The Labute approximate surface area is 170 Å². The third-order valence-corrected chi connectivity index (χ3v) is 5.17. The molecule has 0 spiro atoms. The number of nitrogens with two attached hydrogens (primary N) is 1. The molecule has 2 aromatic carbocycles. The summed E-state index contributed by atoms with van der Waals surface area (Å²) in [5.74, 6) is 0.192. The Bertz CT molecular complexity index is 691. The third-order valence-electron chi connectivity index (χ3n) is 5.17. The summed E-state index contributed by atoms with van der Waals surface area (Å²) in [6.07, 6.45) is 11.4. The lowest BCUT2D eigenvalue weighted by atomic mass is 10.0. The summed E-state index contributed by atoms with van der Waals surface area (Å²) in [4.78, 5) is 11.1. The monoisotopic (exact) mass is 381 g/mol. The van der Waals surface area contributed by atoms with Crippen LogP contribution in [-0.2, 0) is 11.2 Å². The van der Waals surface area contributed by atoms with Crippen LogP contribution in [0.5, 0.6) is 5.75 Å². The van der Waals surface area contributed by atoms with Gasteiger partial charge in [0.15, 0.2) is 6.10 Å². The van der Waals surface area contributed by atoms with Crippen LogP contribution < -0.4 is 10.5 Å². The van der Waals surface area contributed by atoms with Crippen molar-refractivity contribution in [3.05, 3.63) is 54.1 Å². The molecule has 0 aliphatic heterocycles. The molecule has 0 aliphatic rings. The third kappa shape index (κ3) is 7.75. The maximum absolute atomic E-state index is 11.1. The number of benzene rings is 2. The first-order valence-corrected chi connectivity index (χ1v) is 10.8. The van der Waals surface area contributed by atoms with Gasteiger partial charge < -0.3 is 10.5 Å². The van der Waals surface area contributed by atoms with Crippen molar-refractivity contribution in [2.45, 2.75) is 77.7 Å². The molecule has 1 atom stereocenters. The van der Waals surface area contributed by atoms with E-state index in [9.17, 15) is 4.79 Å². The van der Waals surface area contributed by atoms with Crippen LogP contribution in [0.4, 0.5) is 0 Å². The van der Waals surface area contributed by atoms with Crippen LogP contribution in [0.15, 0.2) is 48.5 Å². The quantitative estimate of drug-likeness (QED) is 0.415. The molecule has 2 rings (SSSR count). The second kappa shape index (κ2) is 12.2. The van der Waals surface area contributed by atoms with Gasteiger partial charge in [0.05, 0.1) is 0 Å². The highest BCUT2D eigenvalue weighted by Crippen LogP contribution is 2.24. The average molecular weight is 382 g/mol. The molecule has 0 fully saturated rings. The summed E-state index contributed by atoms with van der Waals surface area (Å²) < 4.78 is 5.50. The van der Waals surface area contributed by atoms with E-state index in [4.69, 9.17) is 10.5 Å². The van der Waals surface area contributed by atoms with Crippen molar-refractivity contribution in [2.75, 3.05) is 0 Å². The largest absolute Gasteiger partial charge is 0.481 e. The molecular formula is C25H35NO2. The van der Waals surface area contributed by atoms with Crippen molar-refractivity contribution in [3.63, 3.8) is 0 Å². The molecule has 1 unspecified atom stereocenters.